The molecule has 2 aliphatic rings. The fourth-order valence-electron chi connectivity index (χ4n) is 4.56. The maximum absolute atomic E-state index is 13.6. The van der Waals surface area contributed by atoms with E-state index in [4.69, 9.17) is 4.84 Å². The number of fused-ring (bicyclic) bond motifs is 1. The zero-order valence-corrected chi connectivity index (χ0v) is 17.2. The lowest BCUT2D eigenvalue weighted by atomic mass is 9.90. The fourth-order valence-corrected chi connectivity index (χ4v) is 4.56. The largest absolute Gasteiger partial charge is 0.508 e. The second kappa shape index (κ2) is 7.25. The van der Waals surface area contributed by atoms with Crippen molar-refractivity contribution < 1.29 is 19.5 Å². The number of rotatable bonds is 3. The molecule has 0 spiro atoms. The summed E-state index contributed by atoms with van der Waals surface area (Å²) < 4.78 is 0. The van der Waals surface area contributed by atoms with E-state index in [0.29, 0.717) is 16.9 Å². The molecule has 6 heteroatoms. The van der Waals surface area contributed by atoms with E-state index in [2.05, 4.69) is 0 Å². The smallest absolute Gasteiger partial charge is 0.266 e. The van der Waals surface area contributed by atoms with E-state index < -0.39 is 18.1 Å². The summed E-state index contributed by atoms with van der Waals surface area (Å²) in [6.07, 6.45) is -0.960. The molecule has 2 fully saturated rings. The number of carbonyl (C=O) groups excluding carboxylic acids is 2. The van der Waals surface area contributed by atoms with Gasteiger partial charge in [-0.25, -0.2) is 9.96 Å². The second-order valence-electron chi connectivity index (χ2n) is 8.02. The summed E-state index contributed by atoms with van der Waals surface area (Å²) in [6.45, 7) is 3.85. The highest BCUT2D eigenvalue weighted by Gasteiger charge is 2.60. The predicted octanol–water partition coefficient (Wildman–Crippen LogP) is 4.06. The standard InChI is InChI=1S/C25H22N2O4/c1-15-12-13-19(16(2)14-15)26-24(29)21-22(18-10-6-7-11-20(18)28)27(31-23(21)25(26)30)17-8-4-3-5-9-17/h3-14,21-23,28H,1-2H3/t21-,22+,23+/m1/s1. The Morgan fingerprint density at radius 1 is 0.871 bits per heavy atom. The van der Waals surface area contributed by atoms with Crippen LogP contribution in [0.5, 0.6) is 5.75 Å². The lowest BCUT2D eigenvalue weighted by molar-refractivity contribution is -0.126. The van der Waals surface area contributed by atoms with E-state index in [-0.39, 0.29) is 17.6 Å². The van der Waals surface area contributed by atoms with Gasteiger partial charge in [-0.2, -0.15) is 0 Å². The zero-order chi connectivity index (χ0) is 21.7. The first kappa shape index (κ1) is 19.3. The van der Waals surface area contributed by atoms with Gasteiger partial charge in [-0.1, -0.05) is 54.1 Å². The van der Waals surface area contributed by atoms with Crippen molar-refractivity contribution in [3.05, 3.63) is 89.5 Å². The Labute approximate surface area is 180 Å². The zero-order valence-electron chi connectivity index (χ0n) is 17.2. The van der Waals surface area contributed by atoms with E-state index in [0.717, 1.165) is 11.1 Å². The number of phenols is 1. The quantitative estimate of drug-likeness (QED) is 0.655. The molecule has 1 N–H and O–H groups in total. The molecular formula is C25H22N2O4. The SMILES string of the molecule is Cc1ccc(N2C(=O)[C@H]3[C@H](ON(c4ccccc4)[C@H]3c3ccccc3O)C2=O)c(C)c1. The van der Waals surface area contributed by atoms with E-state index in [1.54, 1.807) is 35.4 Å². The van der Waals surface area contributed by atoms with Crippen molar-refractivity contribution in [3.8, 4) is 5.75 Å². The topological polar surface area (TPSA) is 70.1 Å². The predicted molar refractivity (Wildman–Crippen MR) is 117 cm³/mol. The number of benzene rings is 3. The van der Waals surface area contributed by atoms with Gasteiger partial charge in [0.2, 0.25) is 5.91 Å². The van der Waals surface area contributed by atoms with Gasteiger partial charge in [0.15, 0.2) is 6.10 Å². The number of aromatic hydroxyl groups is 1. The van der Waals surface area contributed by atoms with Crippen LogP contribution >= 0.6 is 0 Å². The van der Waals surface area contributed by atoms with Gasteiger partial charge in [-0.15, -0.1) is 0 Å². The number of hydroxylamine groups is 1. The fraction of sp³-hybridized carbons (Fsp3) is 0.200. The second-order valence-corrected chi connectivity index (χ2v) is 8.02. The number of imide groups is 1. The van der Waals surface area contributed by atoms with Gasteiger partial charge in [0.05, 0.1) is 17.4 Å². The third-order valence-electron chi connectivity index (χ3n) is 5.97. The summed E-state index contributed by atoms with van der Waals surface area (Å²) in [5.74, 6) is -1.43. The molecule has 3 aromatic rings. The van der Waals surface area contributed by atoms with E-state index in [1.807, 2.05) is 56.3 Å². The monoisotopic (exact) mass is 414 g/mol. The van der Waals surface area contributed by atoms with Crippen molar-refractivity contribution in [1.82, 2.24) is 0 Å². The Bertz CT molecular complexity index is 1180. The number of aryl methyl sites for hydroxylation is 2. The summed E-state index contributed by atoms with van der Waals surface area (Å²) in [5.41, 5.74) is 3.73. The third-order valence-corrected chi connectivity index (χ3v) is 5.97. The number of nitrogens with zero attached hydrogens (tertiary/aromatic N) is 2. The number of carbonyl (C=O) groups is 2. The molecule has 2 aliphatic heterocycles. The summed E-state index contributed by atoms with van der Waals surface area (Å²) in [4.78, 5) is 34.3. The minimum atomic E-state index is -0.960. The van der Waals surface area contributed by atoms with E-state index in [1.165, 1.54) is 4.90 Å². The molecule has 6 nitrogen and oxygen atoms in total. The highest BCUT2D eigenvalue weighted by atomic mass is 16.7. The minimum Gasteiger partial charge on any atom is -0.508 e. The minimum absolute atomic E-state index is 0.0582. The Morgan fingerprint density at radius 3 is 2.29 bits per heavy atom. The van der Waals surface area contributed by atoms with E-state index in [9.17, 15) is 14.7 Å². The van der Waals surface area contributed by atoms with Gasteiger partial charge in [0.25, 0.3) is 5.91 Å². The van der Waals surface area contributed by atoms with Crippen LogP contribution in [-0.2, 0) is 14.4 Å². The van der Waals surface area contributed by atoms with Crippen LogP contribution in [0.25, 0.3) is 0 Å². The van der Waals surface area contributed by atoms with E-state index >= 15 is 0 Å². The number of para-hydroxylation sites is 2. The van der Waals surface area contributed by atoms with Crippen LogP contribution in [0.2, 0.25) is 0 Å². The van der Waals surface area contributed by atoms with Gasteiger partial charge >= 0.3 is 0 Å². The average Bonchev–Trinajstić information content (AvgIpc) is 3.26. The first-order valence-corrected chi connectivity index (χ1v) is 10.2. The highest BCUT2D eigenvalue weighted by molar-refractivity contribution is 6.24. The van der Waals surface area contributed by atoms with Gasteiger partial charge in [-0.3, -0.25) is 14.4 Å². The molecule has 0 aliphatic carbocycles. The number of hydrogen-bond acceptors (Lipinski definition) is 5. The molecule has 2 heterocycles. The Kier molecular flexibility index (Phi) is 4.52. The molecule has 5 rings (SSSR count). The lowest BCUT2D eigenvalue weighted by Crippen LogP contribution is -2.37. The lowest BCUT2D eigenvalue weighted by Gasteiger charge is -2.29. The Hall–Kier alpha value is -3.64. The summed E-state index contributed by atoms with van der Waals surface area (Å²) in [5, 5.41) is 12.2. The average molecular weight is 414 g/mol. The van der Waals surface area contributed by atoms with Crippen LogP contribution in [0.3, 0.4) is 0 Å². The molecule has 2 saturated heterocycles. The Morgan fingerprint density at radius 2 is 1.58 bits per heavy atom. The number of amides is 2. The molecule has 0 aromatic heterocycles. The molecule has 0 radical (unpaired) electrons. The van der Waals surface area contributed by atoms with Crippen molar-refractivity contribution in [2.45, 2.75) is 26.0 Å². The van der Waals surface area contributed by atoms with Crippen LogP contribution in [0.4, 0.5) is 11.4 Å². The molecule has 3 atom stereocenters. The van der Waals surface area contributed by atoms with Crippen LogP contribution in [0.1, 0.15) is 22.7 Å². The van der Waals surface area contributed by atoms with Crippen LogP contribution in [0.15, 0.2) is 72.8 Å². The molecule has 31 heavy (non-hydrogen) atoms. The number of phenolic OH excluding ortho intramolecular Hbond substituents is 1. The molecular weight excluding hydrogens is 392 g/mol. The van der Waals surface area contributed by atoms with Gasteiger partial charge in [0, 0.05) is 5.56 Å². The molecule has 2 amide bonds. The number of hydrogen-bond donors (Lipinski definition) is 1. The number of anilines is 2. The maximum atomic E-state index is 13.6. The van der Waals surface area contributed by atoms with Gasteiger partial charge in [0.1, 0.15) is 11.7 Å². The summed E-state index contributed by atoms with van der Waals surface area (Å²) >= 11 is 0. The third kappa shape index (κ3) is 2.99. The van der Waals surface area contributed by atoms with Crippen LogP contribution < -0.4 is 9.96 Å². The normalized spacial score (nSPS) is 22.8. The summed E-state index contributed by atoms with van der Waals surface area (Å²) in [7, 11) is 0. The van der Waals surface area contributed by atoms with Crippen LogP contribution in [-0.4, -0.2) is 23.0 Å². The van der Waals surface area contributed by atoms with Crippen molar-refractivity contribution >= 4 is 23.2 Å². The first-order valence-electron chi connectivity index (χ1n) is 10.2. The highest BCUT2D eigenvalue weighted by Crippen LogP contribution is 2.49. The maximum Gasteiger partial charge on any atom is 0.266 e. The molecule has 3 aromatic carbocycles. The molecule has 0 bridgehead atoms. The molecule has 0 saturated carbocycles. The van der Waals surface area contributed by atoms with Crippen molar-refractivity contribution in [1.29, 1.82) is 0 Å². The van der Waals surface area contributed by atoms with Gasteiger partial charge < -0.3 is 5.11 Å². The molecule has 156 valence electrons. The van der Waals surface area contributed by atoms with Gasteiger partial charge in [-0.05, 0) is 43.7 Å². The van der Waals surface area contributed by atoms with Crippen molar-refractivity contribution in [3.63, 3.8) is 0 Å². The van der Waals surface area contributed by atoms with Crippen molar-refractivity contribution in [2.75, 3.05) is 9.96 Å². The van der Waals surface area contributed by atoms with Crippen LogP contribution in [0, 0.1) is 19.8 Å². The first-order chi connectivity index (χ1) is 15.0. The Balaban J connectivity index is 1.61. The summed E-state index contributed by atoms with van der Waals surface area (Å²) in [6, 6.07) is 21.2. The van der Waals surface area contributed by atoms with Crippen molar-refractivity contribution in [2.24, 2.45) is 5.92 Å². The molecule has 0 unspecified atom stereocenters.